The molecule has 28 heavy (non-hydrogen) atoms. The molecule has 0 amide bonds. The van der Waals surface area contributed by atoms with Crippen LogP contribution in [0.2, 0.25) is 0 Å². The van der Waals surface area contributed by atoms with Crippen LogP contribution in [0, 0.1) is 46.3 Å². The molecule has 0 aromatic rings. The molecule has 4 fully saturated rings. The van der Waals surface area contributed by atoms with Crippen molar-refractivity contribution in [1.82, 2.24) is 0 Å². The Labute approximate surface area is 169 Å². The van der Waals surface area contributed by atoms with Gasteiger partial charge in [-0.3, -0.25) is 9.59 Å². The van der Waals surface area contributed by atoms with Crippen molar-refractivity contribution in [3.05, 3.63) is 0 Å². The summed E-state index contributed by atoms with van der Waals surface area (Å²) in [6, 6.07) is 0. The number of carboxylic acids is 1. The maximum atomic E-state index is 13.6. The molecule has 0 bridgehead atoms. The van der Waals surface area contributed by atoms with Crippen LogP contribution in [0.4, 0.5) is 0 Å². The minimum absolute atomic E-state index is 0.182. The molecule has 2 N–H and O–H groups in total. The third-order valence-corrected chi connectivity index (χ3v) is 10.0. The highest BCUT2D eigenvalue weighted by atomic mass is 16.4. The third kappa shape index (κ3) is 2.88. The van der Waals surface area contributed by atoms with E-state index in [9.17, 15) is 14.7 Å². The van der Waals surface area contributed by atoms with E-state index < -0.39 is 5.97 Å². The zero-order chi connectivity index (χ0) is 20.3. The van der Waals surface area contributed by atoms with Gasteiger partial charge in [-0.25, -0.2) is 0 Å². The molecule has 0 aromatic heterocycles. The number of aliphatic hydroxyl groups is 1. The third-order valence-electron chi connectivity index (χ3n) is 10.0. The first-order chi connectivity index (χ1) is 13.2. The molecule has 4 aliphatic carbocycles. The van der Waals surface area contributed by atoms with Crippen LogP contribution in [-0.4, -0.2) is 28.1 Å². The Balaban J connectivity index is 1.62. The highest BCUT2D eigenvalue weighted by Gasteiger charge is 2.65. The quantitative estimate of drug-likeness (QED) is 0.730. The Morgan fingerprint density at radius 2 is 1.93 bits per heavy atom. The van der Waals surface area contributed by atoms with Crippen LogP contribution in [0.3, 0.4) is 0 Å². The highest BCUT2D eigenvalue weighted by molar-refractivity contribution is 5.87. The molecule has 4 heteroatoms. The Bertz CT molecular complexity index is 645. The van der Waals surface area contributed by atoms with Crippen LogP contribution in [-0.2, 0) is 9.59 Å². The first-order valence-corrected chi connectivity index (χ1v) is 11.6. The number of hydrogen-bond acceptors (Lipinski definition) is 3. The van der Waals surface area contributed by atoms with Crippen molar-refractivity contribution in [2.45, 2.75) is 91.1 Å². The van der Waals surface area contributed by atoms with Gasteiger partial charge in [0, 0.05) is 18.3 Å². The smallest absolute Gasteiger partial charge is 0.303 e. The summed E-state index contributed by atoms with van der Waals surface area (Å²) in [7, 11) is 0. The highest BCUT2D eigenvalue weighted by Crippen LogP contribution is 2.67. The lowest BCUT2D eigenvalue weighted by atomic mass is 9.43. The van der Waals surface area contributed by atoms with Gasteiger partial charge in [-0.15, -0.1) is 0 Å². The second kappa shape index (κ2) is 7.11. The largest absolute Gasteiger partial charge is 0.481 e. The number of carbonyl (C=O) groups excluding carboxylic acids is 1. The Morgan fingerprint density at radius 3 is 2.64 bits per heavy atom. The number of carboxylic acid groups (broad SMARTS) is 1. The summed E-state index contributed by atoms with van der Waals surface area (Å²) in [6.45, 7) is 6.71. The molecule has 0 aromatic carbocycles. The SMILES string of the molecule is C[C@H](CCC(=O)O)C1CCC2C3C(CC(=O)[C@@]21C)[C@@]1(C)CCCC[C@H]1C[C@@H]3O. The first kappa shape index (κ1) is 20.4. The molecular weight excluding hydrogens is 352 g/mol. The lowest BCUT2D eigenvalue weighted by Gasteiger charge is -2.61. The molecule has 4 aliphatic rings. The average molecular weight is 391 g/mol. The van der Waals surface area contributed by atoms with E-state index >= 15 is 0 Å². The van der Waals surface area contributed by atoms with Gasteiger partial charge in [0.15, 0.2) is 0 Å². The lowest BCUT2D eigenvalue weighted by Crippen LogP contribution is -2.60. The van der Waals surface area contributed by atoms with Crippen molar-refractivity contribution >= 4 is 11.8 Å². The van der Waals surface area contributed by atoms with Crippen LogP contribution < -0.4 is 0 Å². The molecule has 0 aliphatic heterocycles. The van der Waals surface area contributed by atoms with E-state index in [2.05, 4.69) is 20.8 Å². The predicted molar refractivity (Wildman–Crippen MR) is 108 cm³/mol. The fraction of sp³-hybridized carbons (Fsp3) is 0.917. The van der Waals surface area contributed by atoms with Crippen molar-refractivity contribution < 1.29 is 19.8 Å². The number of ketones is 1. The van der Waals surface area contributed by atoms with E-state index in [4.69, 9.17) is 5.11 Å². The molecule has 4 rings (SSSR count). The van der Waals surface area contributed by atoms with E-state index in [1.54, 1.807) is 0 Å². The molecule has 0 spiro atoms. The van der Waals surface area contributed by atoms with Gasteiger partial charge in [0.25, 0.3) is 0 Å². The van der Waals surface area contributed by atoms with Crippen LogP contribution in [0.1, 0.15) is 85.0 Å². The number of fused-ring (bicyclic) bond motifs is 5. The summed E-state index contributed by atoms with van der Waals surface area (Å²) in [4.78, 5) is 24.7. The van der Waals surface area contributed by atoms with Gasteiger partial charge in [0.2, 0.25) is 0 Å². The van der Waals surface area contributed by atoms with E-state index in [1.165, 1.54) is 25.7 Å². The molecule has 0 saturated heterocycles. The van der Waals surface area contributed by atoms with Gasteiger partial charge in [0.05, 0.1) is 6.10 Å². The van der Waals surface area contributed by atoms with E-state index in [0.29, 0.717) is 30.5 Å². The summed E-state index contributed by atoms with van der Waals surface area (Å²) in [5, 5.41) is 20.3. The number of Topliss-reactive ketones (excluding diaryl/α,β-unsaturated/α-hetero) is 1. The molecule has 4 unspecified atom stereocenters. The minimum Gasteiger partial charge on any atom is -0.481 e. The van der Waals surface area contributed by atoms with Crippen LogP contribution >= 0.6 is 0 Å². The van der Waals surface area contributed by atoms with Crippen molar-refractivity contribution in [1.29, 1.82) is 0 Å². The van der Waals surface area contributed by atoms with Gasteiger partial charge in [0.1, 0.15) is 5.78 Å². The number of aliphatic carboxylic acids is 1. The van der Waals surface area contributed by atoms with Gasteiger partial charge in [-0.2, -0.15) is 0 Å². The van der Waals surface area contributed by atoms with Crippen molar-refractivity contribution in [3.63, 3.8) is 0 Å². The summed E-state index contributed by atoms with van der Waals surface area (Å²) in [6.07, 6.45) is 9.07. The average Bonchev–Trinajstić information content (AvgIpc) is 3.00. The second-order valence-electron chi connectivity index (χ2n) is 11.0. The molecule has 158 valence electrons. The number of hydrogen-bond donors (Lipinski definition) is 2. The number of aliphatic hydroxyl groups excluding tert-OH is 1. The standard InChI is InChI=1S/C24H38O4/c1-14(7-10-21(27)28)16-8-9-17-22-18(13-20(26)24(16,17)3)23(2)11-5-4-6-15(23)12-19(22)25/h14-19,22,25H,4-13H2,1-3H3,(H,27,28)/t14-,15+,16?,17?,18?,19+,22?,23+,24-/m1/s1. The summed E-state index contributed by atoms with van der Waals surface area (Å²) < 4.78 is 0. The van der Waals surface area contributed by atoms with Crippen LogP contribution in [0.15, 0.2) is 0 Å². The minimum atomic E-state index is -0.749. The Hall–Kier alpha value is -0.900. The Kier molecular flexibility index (Phi) is 5.17. The topological polar surface area (TPSA) is 74.6 Å². The van der Waals surface area contributed by atoms with Gasteiger partial charge < -0.3 is 10.2 Å². The van der Waals surface area contributed by atoms with Crippen LogP contribution in [0.25, 0.3) is 0 Å². The maximum Gasteiger partial charge on any atom is 0.303 e. The van der Waals surface area contributed by atoms with Gasteiger partial charge in [-0.1, -0.05) is 33.6 Å². The van der Waals surface area contributed by atoms with E-state index in [0.717, 1.165) is 19.3 Å². The summed E-state index contributed by atoms with van der Waals surface area (Å²) in [5.41, 5.74) is -0.163. The van der Waals surface area contributed by atoms with Gasteiger partial charge in [-0.05, 0) is 79.4 Å². The zero-order valence-electron chi connectivity index (χ0n) is 17.8. The molecule has 0 radical (unpaired) electrons. The fourth-order valence-electron chi connectivity index (χ4n) is 8.47. The second-order valence-corrected chi connectivity index (χ2v) is 11.0. The molecular formula is C24H38O4. The zero-order valence-corrected chi connectivity index (χ0v) is 17.8. The van der Waals surface area contributed by atoms with Crippen molar-refractivity contribution in [2.24, 2.45) is 46.3 Å². The maximum absolute atomic E-state index is 13.6. The Morgan fingerprint density at radius 1 is 1.18 bits per heavy atom. The molecule has 0 heterocycles. The van der Waals surface area contributed by atoms with Crippen molar-refractivity contribution in [3.8, 4) is 0 Å². The van der Waals surface area contributed by atoms with Gasteiger partial charge >= 0.3 is 5.97 Å². The molecule has 4 nitrogen and oxygen atoms in total. The summed E-state index contributed by atoms with van der Waals surface area (Å²) in [5.74, 6) is 1.58. The predicted octanol–water partition coefficient (Wildman–Crippen LogP) is 4.69. The number of rotatable bonds is 4. The normalized spacial score (nSPS) is 49.1. The van der Waals surface area contributed by atoms with Crippen molar-refractivity contribution in [2.75, 3.05) is 0 Å². The monoisotopic (exact) mass is 390 g/mol. The van der Waals surface area contributed by atoms with E-state index in [1.807, 2.05) is 0 Å². The fourth-order valence-corrected chi connectivity index (χ4v) is 8.47. The van der Waals surface area contributed by atoms with Crippen LogP contribution in [0.5, 0.6) is 0 Å². The first-order valence-electron chi connectivity index (χ1n) is 11.6. The summed E-state index contributed by atoms with van der Waals surface area (Å²) >= 11 is 0. The number of carbonyl (C=O) groups is 2. The lowest BCUT2D eigenvalue weighted by molar-refractivity contribution is -0.176. The molecule has 4 saturated carbocycles. The van der Waals surface area contributed by atoms with E-state index in [-0.39, 0.29) is 47.0 Å². The molecule has 9 atom stereocenters.